The summed E-state index contributed by atoms with van der Waals surface area (Å²) in [5, 5.41) is 9.55. The fourth-order valence-electron chi connectivity index (χ4n) is 4.38. The van der Waals surface area contributed by atoms with Crippen LogP contribution in [-0.2, 0) is 14.2 Å². The number of benzene rings is 1. The number of hydrogen-bond donors (Lipinski definition) is 1. The van der Waals surface area contributed by atoms with Gasteiger partial charge < -0.3 is 24.1 Å². The van der Waals surface area contributed by atoms with Gasteiger partial charge >= 0.3 is 0 Å². The van der Waals surface area contributed by atoms with Crippen LogP contribution in [0.3, 0.4) is 0 Å². The fourth-order valence-corrected chi connectivity index (χ4v) is 4.38. The van der Waals surface area contributed by atoms with Crippen molar-refractivity contribution in [2.24, 2.45) is 5.92 Å². The molecule has 3 heterocycles. The average Bonchev–Trinajstić information content (AvgIpc) is 3.03. The summed E-state index contributed by atoms with van der Waals surface area (Å²) < 4.78 is 22.4. The third-order valence-corrected chi connectivity index (χ3v) is 5.93. The van der Waals surface area contributed by atoms with Gasteiger partial charge in [-0.1, -0.05) is 6.07 Å². The first-order chi connectivity index (χ1) is 12.7. The molecule has 1 saturated carbocycles. The first-order valence-corrected chi connectivity index (χ1v) is 10.2. The van der Waals surface area contributed by atoms with Crippen molar-refractivity contribution in [2.75, 3.05) is 13.2 Å². The number of ether oxygens (including phenoxy) is 4. The quantitative estimate of drug-likeness (QED) is 0.805. The highest BCUT2D eigenvalue weighted by Crippen LogP contribution is 2.49. The standard InChI is InChI=1S/C12H16O4.C10H18O/c1-3-14-11-6-9(4-5-10(11)13)12-15-7-8(2)16-12;1-9(2)8-4-6-10(3,11-9)7-5-8/h4-6,8,12-13H,3,7H2,1-2H3;8H,4-7H2,1-3H3. The lowest BCUT2D eigenvalue weighted by atomic mass is 9.69. The molecule has 27 heavy (non-hydrogen) atoms. The van der Waals surface area contributed by atoms with Gasteiger partial charge in [0.25, 0.3) is 0 Å². The summed E-state index contributed by atoms with van der Waals surface area (Å²) in [6.45, 7) is 11.7. The predicted molar refractivity (Wildman–Crippen MR) is 104 cm³/mol. The van der Waals surface area contributed by atoms with E-state index in [1.807, 2.05) is 13.8 Å². The number of fused-ring (bicyclic) bond motifs is 3. The Balaban J connectivity index is 0.000000166. The summed E-state index contributed by atoms with van der Waals surface area (Å²) in [5.74, 6) is 1.42. The largest absolute Gasteiger partial charge is 0.504 e. The SMILES string of the molecule is CC12CCC(CC1)C(C)(C)O2.CCOc1cc(C2OCC(C)O2)ccc1O. The number of hydrogen-bond acceptors (Lipinski definition) is 5. The van der Waals surface area contributed by atoms with Gasteiger partial charge in [0.05, 0.1) is 30.5 Å². The lowest BCUT2D eigenvalue weighted by Crippen LogP contribution is -2.53. The molecule has 2 unspecified atom stereocenters. The van der Waals surface area contributed by atoms with Crippen LogP contribution in [0.25, 0.3) is 0 Å². The highest BCUT2D eigenvalue weighted by molar-refractivity contribution is 5.42. The lowest BCUT2D eigenvalue weighted by Gasteiger charge is -2.54. The summed E-state index contributed by atoms with van der Waals surface area (Å²) in [6.07, 6.45) is 5.07. The van der Waals surface area contributed by atoms with Gasteiger partial charge in [0.2, 0.25) is 0 Å². The number of rotatable bonds is 3. The van der Waals surface area contributed by atoms with E-state index in [-0.39, 0.29) is 29.3 Å². The zero-order valence-electron chi connectivity index (χ0n) is 17.3. The Bertz CT molecular complexity index is 631. The first kappa shape index (κ1) is 20.4. The molecule has 0 spiro atoms. The second-order valence-electron chi connectivity index (χ2n) is 8.70. The maximum absolute atomic E-state index is 9.55. The van der Waals surface area contributed by atoms with E-state index in [1.54, 1.807) is 18.2 Å². The predicted octanol–water partition coefficient (Wildman–Crippen LogP) is 4.97. The molecule has 0 radical (unpaired) electrons. The van der Waals surface area contributed by atoms with E-state index < -0.39 is 0 Å². The zero-order valence-corrected chi connectivity index (χ0v) is 17.3. The van der Waals surface area contributed by atoms with E-state index in [1.165, 1.54) is 25.7 Å². The maximum Gasteiger partial charge on any atom is 0.184 e. The van der Waals surface area contributed by atoms with Crippen LogP contribution in [0.1, 0.15) is 72.2 Å². The van der Waals surface area contributed by atoms with Crippen LogP contribution in [-0.4, -0.2) is 35.6 Å². The van der Waals surface area contributed by atoms with Crippen molar-refractivity contribution in [2.45, 2.75) is 83.9 Å². The molecule has 1 aliphatic carbocycles. The second kappa shape index (κ2) is 7.98. The molecule has 3 aliphatic heterocycles. The van der Waals surface area contributed by atoms with Gasteiger partial charge in [-0.15, -0.1) is 0 Å². The third kappa shape index (κ3) is 4.76. The Kier molecular flexibility index (Phi) is 6.04. The van der Waals surface area contributed by atoms with E-state index >= 15 is 0 Å². The molecule has 5 nitrogen and oxygen atoms in total. The van der Waals surface area contributed by atoms with Gasteiger partial charge in [-0.3, -0.25) is 0 Å². The van der Waals surface area contributed by atoms with Gasteiger partial charge in [-0.05, 0) is 78.4 Å². The number of phenolic OH excluding ortho intramolecular Hbond substituents is 1. The van der Waals surface area contributed by atoms with Crippen LogP contribution < -0.4 is 4.74 Å². The molecule has 1 aromatic rings. The van der Waals surface area contributed by atoms with Crippen molar-refractivity contribution in [1.29, 1.82) is 0 Å². The molecule has 4 aliphatic rings. The maximum atomic E-state index is 9.55. The van der Waals surface area contributed by atoms with Gasteiger partial charge in [-0.25, -0.2) is 0 Å². The monoisotopic (exact) mass is 378 g/mol. The first-order valence-electron chi connectivity index (χ1n) is 10.2. The molecule has 5 rings (SSSR count). The molecule has 4 fully saturated rings. The number of phenols is 1. The van der Waals surface area contributed by atoms with Crippen LogP contribution in [0.5, 0.6) is 11.5 Å². The van der Waals surface area contributed by atoms with E-state index in [0.29, 0.717) is 19.0 Å². The van der Waals surface area contributed by atoms with Crippen molar-refractivity contribution in [3.8, 4) is 11.5 Å². The van der Waals surface area contributed by atoms with Crippen molar-refractivity contribution in [3.05, 3.63) is 23.8 Å². The summed E-state index contributed by atoms with van der Waals surface area (Å²) in [7, 11) is 0. The minimum atomic E-state index is -0.352. The smallest absolute Gasteiger partial charge is 0.184 e. The summed E-state index contributed by atoms with van der Waals surface area (Å²) >= 11 is 0. The molecule has 2 bridgehead atoms. The molecule has 0 aromatic heterocycles. The molecule has 5 heteroatoms. The molecule has 2 atom stereocenters. The van der Waals surface area contributed by atoms with Crippen LogP contribution in [0.15, 0.2) is 18.2 Å². The van der Waals surface area contributed by atoms with Crippen molar-refractivity contribution >= 4 is 0 Å². The normalized spacial score (nSPS) is 34.0. The molecule has 0 amide bonds. The second-order valence-corrected chi connectivity index (χ2v) is 8.70. The van der Waals surface area contributed by atoms with Gasteiger partial charge in [-0.2, -0.15) is 0 Å². The van der Waals surface area contributed by atoms with Crippen LogP contribution in [0.2, 0.25) is 0 Å². The van der Waals surface area contributed by atoms with Gasteiger partial charge in [0.1, 0.15) is 0 Å². The van der Waals surface area contributed by atoms with Crippen LogP contribution in [0, 0.1) is 5.92 Å². The highest BCUT2D eigenvalue weighted by atomic mass is 16.7. The fraction of sp³-hybridized carbons (Fsp3) is 0.727. The minimum absolute atomic E-state index is 0.106. The summed E-state index contributed by atoms with van der Waals surface area (Å²) in [5.41, 5.74) is 1.24. The van der Waals surface area contributed by atoms with Crippen molar-refractivity contribution in [1.82, 2.24) is 0 Å². The third-order valence-electron chi connectivity index (χ3n) is 5.93. The summed E-state index contributed by atoms with van der Waals surface area (Å²) in [6, 6.07) is 5.12. The van der Waals surface area contributed by atoms with Gasteiger partial charge in [0, 0.05) is 5.56 Å². The van der Waals surface area contributed by atoms with Crippen molar-refractivity contribution < 1.29 is 24.1 Å². The van der Waals surface area contributed by atoms with E-state index in [2.05, 4.69) is 20.8 Å². The van der Waals surface area contributed by atoms with Crippen LogP contribution in [0.4, 0.5) is 0 Å². The number of aromatic hydroxyl groups is 1. The Morgan fingerprint density at radius 3 is 2.37 bits per heavy atom. The lowest BCUT2D eigenvalue weighted by molar-refractivity contribution is -0.229. The van der Waals surface area contributed by atoms with Gasteiger partial charge in [0.15, 0.2) is 17.8 Å². The van der Waals surface area contributed by atoms with Crippen molar-refractivity contribution in [3.63, 3.8) is 0 Å². The Morgan fingerprint density at radius 1 is 1.19 bits per heavy atom. The van der Waals surface area contributed by atoms with E-state index in [0.717, 1.165) is 11.5 Å². The van der Waals surface area contributed by atoms with E-state index in [9.17, 15) is 5.11 Å². The minimum Gasteiger partial charge on any atom is -0.504 e. The average molecular weight is 379 g/mol. The zero-order chi connectivity index (χ0) is 19.7. The molecular weight excluding hydrogens is 344 g/mol. The molecule has 1 N–H and O–H groups in total. The molecular formula is C22H34O5. The highest BCUT2D eigenvalue weighted by Gasteiger charge is 2.48. The molecule has 1 aromatic carbocycles. The Hall–Kier alpha value is -1.30. The Labute approximate surface area is 163 Å². The van der Waals surface area contributed by atoms with E-state index in [4.69, 9.17) is 18.9 Å². The topological polar surface area (TPSA) is 57.2 Å². The van der Waals surface area contributed by atoms with Crippen LogP contribution >= 0.6 is 0 Å². The molecule has 3 saturated heterocycles. The Morgan fingerprint density at radius 2 is 1.89 bits per heavy atom. The molecule has 152 valence electrons. The summed E-state index contributed by atoms with van der Waals surface area (Å²) in [4.78, 5) is 0.